The van der Waals surface area contributed by atoms with Gasteiger partial charge >= 0.3 is 6.61 Å². The first kappa shape index (κ1) is 15.0. The number of nitrogens with zero attached hydrogens (tertiary/aromatic N) is 1. The molecule has 3 aromatic rings. The van der Waals surface area contributed by atoms with Crippen molar-refractivity contribution in [2.45, 2.75) is 13.2 Å². The third-order valence-corrected chi connectivity index (χ3v) is 3.20. The summed E-state index contributed by atoms with van der Waals surface area (Å²) in [6, 6.07) is 13.3. The molecule has 1 aromatic heterocycles. The number of hydrogen-bond acceptors (Lipinski definition) is 3. The smallest absolute Gasteiger partial charge is 0.387 e. The number of aromatic nitrogens is 2. The number of carbonyl (C=O) groups excluding carboxylic acids is 1. The average molecular weight is 317 g/mol. The van der Waals surface area contributed by atoms with Crippen molar-refractivity contribution in [2.75, 3.05) is 0 Å². The Morgan fingerprint density at radius 2 is 1.91 bits per heavy atom. The molecule has 1 heterocycles. The van der Waals surface area contributed by atoms with Gasteiger partial charge in [-0.1, -0.05) is 24.3 Å². The first-order chi connectivity index (χ1) is 11.1. The molecule has 118 valence electrons. The third kappa shape index (κ3) is 3.45. The van der Waals surface area contributed by atoms with E-state index in [4.69, 9.17) is 0 Å². The fourth-order valence-corrected chi connectivity index (χ4v) is 2.20. The summed E-state index contributed by atoms with van der Waals surface area (Å²) in [5.41, 5.74) is 1.69. The Morgan fingerprint density at radius 3 is 2.70 bits per heavy atom. The lowest BCUT2D eigenvalue weighted by Gasteiger charge is -2.10. The fraction of sp³-hybridized carbons (Fsp3) is 0.125. The molecule has 3 rings (SSSR count). The minimum absolute atomic E-state index is 0.0453. The molecule has 0 spiro atoms. The summed E-state index contributed by atoms with van der Waals surface area (Å²) in [4.78, 5) is 19.6. The van der Waals surface area contributed by atoms with Crippen LogP contribution in [0.2, 0.25) is 0 Å². The van der Waals surface area contributed by atoms with Crippen LogP contribution in [0, 0.1) is 0 Å². The first-order valence-corrected chi connectivity index (χ1v) is 6.89. The van der Waals surface area contributed by atoms with Gasteiger partial charge in [0, 0.05) is 0 Å². The molecule has 0 saturated carbocycles. The van der Waals surface area contributed by atoms with E-state index in [0.29, 0.717) is 5.82 Å². The maximum absolute atomic E-state index is 12.4. The Bertz CT molecular complexity index is 800. The topological polar surface area (TPSA) is 67.0 Å². The van der Waals surface area contributed by atoms with Crippen LogP contribution in [0.5, 0.6) is 5.75 Å². The van der Waals surface area contributed by atoms with Gasteiger partial charge in [-0.25, -0.2) is 4.98 Å². The molecule has 2 N–H and O–H groups in total. The van der Waals surface area contributed by atoms with Gasteiger partial charge in [-0.05, 0) is 24.3 Å². The summed E-state index contributed by atoms with van der Waals surface area (Å²) < 4.78 is 29.1. The van der Waals surface area contributed by atoms with Crippen molar-refractivity contribution in [3.63, 3.8) is 0 Å². The molecule has 5 nitrogen and oxygen atoms in total. The number of amides is 1. The predicted octanol–water partition coefficient (Wildman–Crippen LogP) is 3.09. The molecule has 1 amide bonds. The van der Waals surface area contributed by atoms with Crippen molar-refractivity contribution in [2.24, 2.45) is 0 Å². The van der Waals surface area contributed by atoms with Crippen molar-refractivity contribution >= 4 is 16.9 Å². The zero-order chi connectivity index (χ0) is 16.2. The summed E-state index contributed by atoms with van der Waals surface area (Å²) >= 11 is 0. The lowest BCUT2D eigenvalue weighted by atomic mass is 10.2. The van der Waals surface area contributed by atoms with Crippen LogP contribution in [0.15, 0.2) is 48.5 Å². The molecule has 0 radical (unpaired) electrons. The molecule has 0 unspecified atom stereocenters. The van der Waals surface area contributed by atoms with E-state index in [2.05, 4.69) is 20.0 Å². The standard InChI is InChI=1S/C16H13F2N3O2/c17-16(18)23-13-8-4-1-5-10(13)15(22)19-9-14-20-11-6-2-3-7-12(11)21-14/h1-8,16H,9H2,(H,19,22)(H,20,21). The van der Waals surface area contributed by atoms with Gasteiger partial charge in [0.15, 0.2) is 0 Å². The number of alkyl halides is 2. The van der Waals surface area contributed by atoms with Gasteiger partial charge < -0.3 is 15.0 Å². The van der Waals surface area contributed by atoms with E-state index in [1.54, 1.807) is 6.07 Å². The molecule has 0 bridgehead atoms. The van der Waals surface area contributed by atoms with Crippen LogP contribution >= 0.6 is 0 Å². The van der Waals surface area contributed by atoms with Crippen molar-refractivity contribution in [3.05, 3.63) is 59.9 Å². The Balaban J connectivity index is 1.72. The Labute approximate surface area is 130 Å². The van der Waals surface area contributed by atoms with Crippen LogP contribution in [-0.4, -0.2) is 22.5 Å². The molecule has 0 saturated heterocycles. The number of rotatable bonds is 5. The van der Waals surface area contributed by atoms with Gasteiger partial charge in [0.25, 0.3) is 5.91 Å². The molecule has 0 aliphatic rings. The number of hydrogen-bond donors (Lipinski definition) is 2. The number of nitrogens with one attached hydrogen (secondary N) is 2. The molecule has 0 atom stereocenters. The zero-order valence-corrected chi connectivity index (χ0v) is 11.9. The molecule has 7 heteroatoms. The zero-order valence-electron chi connectivity index (χ0n) is 11.9. The van der Waals surface area contributed by atoms with E-state index in [-0.39, 0.29) is 17.9 Å². The third-order valence-electron chi connectivity index (χ3n) is 3.20. The predicted molar refractivity (Wildman–Crippen MR) is 80.3 cm³/mol. The van der Waals surface area contributed by atoms with Gasteiger partial charge in [0.2, 0.25) is 0 Å². The second kappa shape index (κ2) is 6.43. The van der Waals surface area contributed by atoms with E-state index in [1.807, 2.05) is 24.3 Å². The van der Waals surface area contributed by atoms with Crippen LogP contribution in [0.3, 0.4) is 0 Å². The van der Waals surface area contributed by atoms with Gasteiger partial charge in [-0.2, -0.15) is 8.78 Å². The quantitative estimate of drug-likeness (QED) is 0.760. The number of imidazole rings is 1. The molecule has 2 aromatic carbocycles. The van der Waals surface area contributed by atoms with Crippen molar-refractivity contribution in [3.8, 4) is 5.75 Å². The van der Waals surface area contributed by atoms with Crippen molar-refractivity contribution < 1.29 is 18.3 Å². The lowest BCUT2D eigenvalue weighted by molar-refractivity contribution is -0.0501. The van der Waals surface area contributed by atoms with E-state index in [9.17, 15) is 13.6 Å². The molecule has 0 fully saturated rings. The highest BCUT2D eigenvalue weighted by Gasteiger charge is 2.15. The maximum atomic E-state index is 12.4. The molecule has 0 aliphatic heterocycles. The van der Waals surface area contributed by atoms with E-state index in [0.717, 1.165) is 11.0 Å². The number of halogens is 2. The van der Waals surface area contributed by atoms with Crippen LogP contribution in [0.25, 0.3) is 11.0 Å². The highest BCUT2D eigenvalue weighted by Crippen LogP contribution is 2.20. The van der Waals surface area contributed by atoms with Gasteiger partial charge in [-0.3, -0.25) is 4.79 Å². The minimum atomic E-state index is -2.99. The van der Waals surface area contributed by atoms with E-state index < -0.39 is 12.5 Å². The number of carbonyl (C=O) groups is 1. The summed E-state index contributed by atoms with van der Waals surface area (Å²) in [7, 11) is 0. The SMILES string of the molecule is O=C(NCc1nc2ccccc2[nH]1)c1ccccc1OC(F)F. The summed E-state index contributed by atoms with van der Waals surface area (Å²) in [5.74, 6) is -0.0990. The van der Waals surface area contributed by atoms with Gasteiger partial charge in [0.1, 0.15) is 11.6 Å². The highest BCUT2D eigenvalue weighted by molar-refractivity contribution is 5.96. The number of para-hydroxylation sites is 3. The number of benzene rings is 2. The van der Waals surface area contributed by atoms with Crippen LogP contribution in [-0.2, 0) is 6.54 Å². The summed E-state index contributed by atoms with van der Waals surface area (Å²) in [6.45, 7) is -2.84. The van der Waals surface area contributed by atoms with E-state index >= 15 is 0 Å². The van der Waals surface area contributed by atoms with E-state index in [1.165, 1.54) is 18.2 Å². The van der Waals surface area contributed by atoms with Crippen LogP contribution in [0.1, 0.15) is 16.2 Å². The number of ether oxygens (including phenoxy) is 1. The summed E-state index contributed by atoms with van der Waals surface area (Å²) in [6.07, 6.45) is 0. The number of fused-ring (bicyclic) bond motifs is 1. The largest absolute Gasteiger partial charge is 0.434 e. The monoisotopic (exact) mass is 317 g/mol. The normalized spacial score (nSPS) is 10.9. The molecule has 0 aliphatic carbocycles. The number of aromatic amines is 1. The Hall–Kier alpha value is -2.96. The highest BCUT2D eigenvalue weighted by atomic mass is 19.3. The average Bonchev–Trinajstić information content (AvgIpc) is 2.95. The maximum Gasteiger partial charge on any atom is 0.387 e. The lowest BCUT2D eigenvalue weighted by Crippen LogP contribution is -2.24. The second-order valence-corrected chi connectivity index (χ2v) is 4.76. The summed E-state index contributed by atoms with van der Waals surface area (Å²) in [5, 5.41) is 2.63. The van der Waals surface area contributed by atoms with Crippen LogP contribution in [0.4, 0.5) is 8.78 Å². The van der Waals surface area contributed by atoms with Crippen molar-refractivity contribution in [1.82, 2.24) is 15.3 Å². The van der Waals surface area contributed by atoms with Gasteiger partial charge in [0.05, 0.1) is 23.1 Å². The van der Waals surface area contributed by atoms with Crippen molar-refractivity contribution in [1.29, 1.82) is 0 Å². The number of H-pyrrole nitrogens is 1. The van der Waals surface area contributed by atoms with Crippen LogP contribution < -0.4 is 10.1 Å². The Morgan fingerprint density at radius 1 is 1.17 bits per heavy atom. The van der Waals surface area contributed by atoms with Gasteiger partial charge in [-0.15, -0.1) is 0 Å². The molecular weight excluding hydrogens is 304 g/mol. The first-order valence-electron chi connectivity index (χ1n) is 6.89. The molecular formula is C16H13F2N3O2. The second-order valence-electron chi connectivity index (χ2n) is 4.76. The minimum Gasteiger partial charge on any atom is -0.434 e. The molecule has 23 heavy (non-hydrogen) atoms. The Kier molecular flexibility index (Phi) is 4.18. The fourth-order valence-electron chi connectivity index (χ4n) is 2.20.